The van der Waals surface area contributed by atoms with Crippen LogP contribution < -0.4 is 0 Å². The first-order chi connectivity index (χ1) is 3.29. The minimum absolute atomic E-state index is 0.523. The van der Waals surface area contributed by atoms with Gasteiger partial charge in [-0.2, -0.15) is 0 Å². The Morgan fingerprint density at radius 2 is 2.14 bits per heavy atom. The van der Waals surface area contributed by atoms with Gasteiger partial charge in [0.2, 0.25) is 0 Å². The highest BCUT2D eigenvalue weighted by Gasteiger charge is 2.16. The highest BCUT2D eigenvalue weighted by atomic mass is 14.2. The minimum Gasteiger partial charge on any atom is -0.0625 e. The third-order valence-electron chi connectivity index (χ3n) is 1.74. The molecule has 0 bridgehead atoms. The smallest absolute Gasteiger partial charge is 0.0318 e. The molecule has 1 aliphatic carbocycles. The van der Waals surface area contributed by atoms with Gasteiger partial charge in [-0.1, -0.05) is 13.3 Å². The van der Waals surface area contributed by atoms with E-state index in [-0.39, 0.29) is 0 Å². The third-order valence-corrected chi connectivity index (χ3v) is 1.74. The lowest BCUT2D eigenvalue weighted by Crippen LogP contribution is -1.85. The molecule has 1 rings (SSSR count). The third kappa shape index (κ3) is 1.19. The van der Waals surface area contributed by atoms with Crippen LogP contribution >= 0.6 is 0 Å². The molecule has 1 aliphatic rings. The maximum absolute atomic E-state index is 5.63. The van der Waals surface area contributed by atoms with E-state index in [1.807, 2.05) is 0 Å². The molecule has 0 N–H and O–H groups in total. The van der Waals surface area contributed by atoms with Crippen LogP contribution in [0.1, 0.15) is 26.2 Å². The predicted molar refractivity (Wildman–Crippen MR) is 30.8 cm³/mol. The average Bonchev–Trinajstić information content (AvgIpc) is 1.87. The standard InChI is InChI=1S/C7H12/c1-6-3-4-7(2)5-6/h1,6-7H,3-5H2,2H3. The Balaban J connectivity index is 2.26. The summed E-state index contributed by atoms with van der Waals surface area (Å²) < 4.78 is 0. The summed E-state index contributed by atoms with van der Waals surface area (Å²) in [7, 11) is 0. The zero-order chi connectivity index (χ0) is 5.28. The molecule has 0 aromatic heterocycles. The van der Waals surface area contributed by atoms with Crippen LogP contribution in [0, 0.1) is 18.8 Å². The first-order valence-electron chi connectivity index (χ1n) is 3.04. The molecule has 0 aromatic rings. The van der Waals surface area contributed by atoms with Crippen molar-refractivity contribution in [2.24, 2.45) is 11.8 Å². The van der Waals surface area contributed by atoms with Crippen molar-refractivity contribution in [3.05, 3.63) is 6.92 Å². The van der Waals surface area contributed by atoms with Gasteiger partial charge in [0.05, 0.1) is 0 Å². The molecule has 0 amide bonds. The fourth-order valence-electron chi connectivity index (χ4n) is 1.25. The van der Waals surface area contributed by atoms with Crippen LogP contribution in [0.4, 0.5) is 0 Å². The van der Waals surface area contributed by atoms with Crippen LogP contribution in [0.5, 0.6) is 0 Å². The summed E-state index contributed by atoms with van der Waals surface area (Å²) in [6, 6.07) is 0. The van der Waals surface area contributed by atoms with Crippen molar-refractivity contribution in [3.63, 3.8) is 0 Å². The SMILES string of the molecule is [CH]C1CCC(C)C1. The van der Waals surface area contributed by atoms with Gasteiger partial charge >= 0.3 is 0 Å². The van der Waals surface area contributed by atoms with E-state index >= 15 is 0 Å². The summed E-state index contributed by atoms with van der Waals surface area (Å²) in [6.45, 7) is 7.90. The van der Waals surface area contributed by atoms with Crippen LogP contribution in [0.3, 0.4) is 0 Å². The molecule has 7 heavy (non-hydrogen) atoms. The number of hydrogen-bond donors (Lipinski definition) is 0. The Morgan fingerprint density at radius 3 is 2.29 bits per heavy atom. The number of hydrogen-bond acceptors (Lipinski definition) is 0. The first-order valence-corrected chi connectivity index (χ1v) is 3.04. The summed E-state index contributed by atoms with van der Waals surface area (Å²) in [4.78, 5) is 0. The van der Waals surface area contributed by atoms with Crippen LogP contribution in [0.2, 0.25) is 0 Å². The van der Waals surface area contributed by atoms with Crippen molar-refractivity contribution in [3.8, 4) is 0 Å². The molecule has 0 heterocycles. The maximum atomic E-state index is 5.63. The Morgan fingerprint density at radius 1 is 1.43 bits per heavy atom. The summed E-state index contributed by atoms with van der Waals surface area (Å²) in [5, 5.41) is 0. The Kier molecular flexibility index (Phi) is 1.36. The van der Waals surface area contributed by atoms with E-state index in [4.69, 9.17) is 6.92 Å². The van der Waals surface area contributed by atoms with Crippen molar-refractivity contribution in [2.45, 2.75) is 26.2 Å². The molecule has 2 radical (unpaired) electrons. The topological polar surface area (TPSA) is 0 Å². The quantitative estimate of drug-likeness (QED) is 0.433. The average molecular weight is 96.2 g/mol. The second-order valence-corrected chi connectivity index (χ2v) is 2.68. The number of rotatable bonds is 0. The van der Waals surface area contributed by atoms with Gasteiger partial charge in [-0.3, -0.25) is 0 Å². The molecule has 0 heteroatoms. The van der Waals surface area contributed by atoms with Crippen LogP contribution in [0.25, 0.3) is 0 Å². The molecule has 0 aromatic carbocycles. The fourth-order valence-corrected chi connectivity index (χ4v) is 1.25. The summed E-state index contributed by atoms with van der Waals surface area (Å²) in [6.07, 6.45) is 3.85. The van der Waals surface area contributed by atoms with Gasteiger partial charge in [-0.15, -0.1) is 0 Å². The molecule has 2 atom stereocenters. The van der Waals surface area contributed by atoms with Crippen molar-refractivity contribution in [1.82, 2.24) is 0 Å². The Hall–Kier alpha value is 0. The highest BCUT2D eigenvalue weighted by Crippen LogP contribution is 2.28. The molecule has 2 unspecified atom stereocenters. The molecule has 0 nitrogen and oxygen atoms in total. The van der Waals surface area contributed by atoms with E-state index in [9.17, 15) is 0 Å². The Bertz CT molecular complexity index is 49.1. The van der Waals surface area contributed by atoms with Crippen molar-refractivity contribution in [2.75, 3.05) is 0 Å². The van der Waals surface area contributed by atoms with Gasteiger partial charge in [0.15, 0.2) is 0 Å². The summed E-state index contributed by atoms with van der Waals surface area (Å²) >= 11 is 0. The monoisotopic (exact) mass is 96.1 g/mol. The lowest BCUT2D eigenvalue weighted by molar-refractivity contribution is 0.584. The second-order valence-electron chi connectivity index (χ2n) is 2.68. The molecular formula is C7H12. The van der Waals surface area contributed by atoms with E-state index in [0.717, 1.165) is 5.92 Å². The van der Waals surface area contributed by atoms with E-state index in [1.165, 1.54) is 19.3 Å². The zero-order valence-corrected chi connectivity index (χ0v) is 4.85. The molecule has 0 spiro atoms. The maximum Gasteiger partial charge on any atom is -0.0318 e. The van der Waals surface area contributed by atoms with E-state index in [0.29, 0.717) is 5.92 Å². The zero-order valence-electron chi connectivity index (χ0n) is 4.85. The van der Waals surface area contributed by atoms with E-state index in [1.54, 1.807) is 0 Å². The first kappa shape index (κ1) is 5.14. The lowest BCUT2D eigenvalue weighted by Gasteiger charge is -1.96. The van der Waals surface area contributed by atoms with E-state index < -0.39 is 0 Å². The molecule has 0 aliphatic heterocycles. The van der Waals surface area contributed by atoms with E-state index in [2.05, 4.69) is 6.92 Å². The minimum atomic E-state index is 0.523. The molecular weight excluding hydrogens is 84.1 g/mol. The van der Waals surface area contributed by atoms with Crippen molar-refractivity contribution < 1.29 is 0 Å². The normalized spacial score (nSPS) is 42.0. The van der Waals surface area contributed by atoms with Gasteiger partial charge in [-0.25, -0.2) is 0 Å². The molecule has 40 valence electrons. The largest absolute Gasteiger partial charge is 0.0625 e. The second kappa shape index (κ2) is 1.85. The van der Waals surface area contributed by atoms with Crippen molar-refractivity contribution in [1.29, 1.82) is 0 Å². The van der Waals surface area contributed by atoms with Gasteiger partial charge < -0.3 is 0 Å². The van der Waals surface area contributed by atoms with Crippen LogP contribution in [0.15, 0.2) is 0 Å². The summed E-state index contributed by atoms with van der Waals surface area (Å²) in [5.74, 6) is 1.42. The lowest BCUT2D eigenvalue weighted by atomic mass is 10.1. The predicted octanol–water partition coefficient (Wildman–Crippen LogP) is 2.13. The Labute approximate surface area is 45.9 Å². The van der Waals surface area contributed by atoms with Crippen LogP contribution in [-0.2, 0) is 0 Å². The molecule has 1 saturated carbocycles. The van der Waals surface area contributed by atoms with Crippen LogP contribution in [-0.4, -0.2) is 0 Å². The summed E-state index contributed by atoms with van der Waals surface area (Å²) in [5.41, 5.74) is 0. The fraction of sp³-hybridized carbons (Fsp3) is 0.857. The van der Waals surface area contributed by atoms with Gasteiger partial charge in [0, 0.05) is 0 Å². The van der Waals surface area contributed by atoms with Gasteiger partial charge in [0.1, 0.15) is 0 Å². The van der Waals surface area contributed by atoms with Crippen molar-refractivity contribution >= 4 is 0 Å². The van der Waals surface area contributed by atoms with Gasteiger partial charge in [-0.05, 0) is 31.6 Å². The highest BCUT2D eigenvalue weighted by molar-refractivity contribution is 4.73. The molecule has 0 saturated heterocycles. The molecule has 1 fully saturated rings. The van der Waals surface area contributed by atoms with Gasteiger partial charge in [0.25, 0.3) is 0 Å².